The molecule has 0 saturated carbocycles. The van der Waals surface area contributed by atoms with E-state index in [1.807, 2.05) is 37.3 Å². The van der Waals surface area contributed by atoms with Crippen molar-refractivity contribution in [3.8, 4) is 0 Å². The van der Waals surface area contributed by atoms with Crippen LogP contribution in [0.15, 0.2) is 30.3 Å². The largest absolute Gasteiger partial charge is 0.450 e. The quantitative estimate of drug-likeness (QED) is 0.829. The lowest BCUT2D eigenvalue weighted by Gasteiger charge is -2.33. The molecule has 138 valence electrons. The van der Waals surface area contributed by atoms with Crippen molar-refractivity contribution in [2.45, 2.75) is 20.4 Å². The molecule has 1 saturated heterocycles. The number of rotatable bonds is 4. The molecule has 3 rings (SSSR count). The van der Waals surface area contributed by atoms with Gasteiger partial charge in [-0.2, -0.15) is 0 Å². The van der Waals surface area contributed by atoms with Gasteiger partial charge in [0.15, 0.2) is 5.69 Å². The number of piperazine rings is 1. The third-order valence-electron chi connectivity index (χ3n) is 4.45. The Labute approximate surface area is 152 Å². The molecule has 0 N–H and O–H groups in total. The average molecular weight is 357 g/mol. The first-order valence-corrected chi connectivity index (χ1v) is 8.75. The van der Waals surface area contributed by atoms with Crippen molar-refractivity contribution in [3.63, 3.8) is 0 Å². The first-order valence-electron chi connectivity index (χ1n) is 8.75. The smallest absolute Gasteiger partial charge is 0.409 e. The lowest BCUT2D eigenvalue weighted by molar-refractivity contribution is 0.0565. The molecule has 2 heterocycles. The molecule has 0 aliphatic carbocycles. The van der Waals surface area contributed by atoms with E-state index in [1.54, 1.807) is 21.4 Å². The van der Waals surface area contributed by atoms with Crippen LogP contribution in [0.1, 0.15) is 28.7 Å². The molecule has 1 aliphatic rings. The van der Waals surface area contributed by atoms with Crippen LogP contribution < -0.4 is 0 Å². The van der Waals surface area contributed by atoms with Crippen LogP contribution in [0.3, 0.4) is 0 Å². The van der Waals surface area contributed by atoms with Crippen LogP contribution in [0, 0.1) is 6.92 Å². The Morgan fingerprint density at radius 2 is 1.73 bits per heavy atom. The second kappa shape index (κ2) is 7.99. The molecule has 26 heavy (non-hydrogen) atoms. The van der Waals surface area contributed by atoms with E-state index in [0.29, 0.717) is 45.0 Å². The Kier molecular flexibility index (Phi) is 5.50. The van der Waals surface area contributed by atoms with Gasteiger partial charge < -0.3 is 14.5 Å². The Bertz CT molecular complexity index is 766. The second-order valence-corrected chi connectivity index (χ2v) is 6.14. The molecule has 0 radical (unpaired) electrons. The van der Waals surface area contributed by atoms with Crippen molar-refractivity contribution in [2.75, 3.05) is 32.8 Å². The first kappa shape index (κ1) is 17.9. The van der Waals surface area contributed by atoms with E-state index in [1.165, 1.54) is 0 Å². The molecule has 0 atom stereocenters. The molecule has 8 heteroatoms. The van der Waals surface area contributed by atoms with E-state index in [0.717, 1.165) is 11.3 Å². The number of ether oxygens (including phenoxy) is 1. The Morgan fingerprint density at radius 3 is 2.38 bits per heavy atom. The lowest BCUT2D eigenvalue weighted by Crippen LogP contribution is -2.50. The van der Waals surface area contributed by atoms with Gasteiger partial charge >= 0.3 is 6.09 Å². The summed E-state index contributed by atoms with van der Waals surface area (Å²) in [5, 5.41) is 8.22. The van der Waals surface area contributed by atoms with E-state index < -0.39 is 0 Å². The highest BCUT2D eigenvalue weighted by Crippen LogP contribution is 2.13. The monoisotopic (exact) mass is 357 g/mol. The number of benzene rings is 1. The molecule has 0 bridgehead atoms. The van der Waals surface area contributed by atoms with Crippen molar-refractivity contribution in [1.82, 2.24) is 24.8 Å². The molecule has 2 amide bonds. The van der Waals surface area contributed by atoms with Gasteiger partial charge in [0.05, 0.1) is 18.8 Å². The zero-order chi connectivity index (χ0) is 18.5. The van der Waals surface area contributed by atoms with Gasteiger partial charge in [-0.1, -0.05) is 35.5 Å². The maximum absolute atomic E-state index is 12.8. The molecule has 1 aromatic carbocycles. The van der Waals surface area contributed by atoms with Crippen LogP contribution in [-0.4, -0.2) is 69.6 Å². The van der Waals surface area contributed by atoms with Gasteiger partial charge in [-0.25, -0.2) is 9.48 Å². The molecule has 0 unspecified atom stereocenters. The molecule has 1 fully saturated rings. The predicted molar refractivity (Wildman–Crippen MR) is 94.8 cm³/mol. The van der Waals surface area contributed by atoms with E-state index in [9.17, 15) is 9.59 Å². The number of amides is 2. The van der Waals surface area contributed by atoms with E-state index in [4.69, 9.17) is 4.74 Å². The maximum atomic E-state index is 12.8. The summed E-state index contributed by atoms with van der Waals surface area (Å²) in [6, 6.07) is 9.92. The third kappa shape index (κ3) is 3.84. The van der Waals surface area contributed by atoms with Crippen molar-refractivity contribution in [1.29, 1.82) is 0 Å². The van der Waals surface area contributed by atoms with Crippen LogP contribution in [0.2, 0.25) is 0 Å². The summed E-state index contributed by atoms with van der Waals surface area (Å²) in [5.41, 5.74) is 2.21. The van der Waals surface area contributed by atoms with Gasteiger partial charge in [-0.05, 0) is 19.4 Å². The van der Waals surface area contributed by atoms with Gasteiger partial charge in [-0.15, -0.1) is 5.10 Å². The molecular weight excluding hydrogens is 334 g/mol. The number of carbonyl (C=O) groups excluding carboxylic acids is 2. The van der Waals surface area contributed by atoms with Crippen LogP contribution >= 0.6 is 0 Å². The fourth-order valence-corrected chi connectivity index (χ4v) is 2.92. The average Bonchev–Trinajstić information content (AvgIpc) is 3.03. The van der Waals surface area contributed by atoms with Crippen molar-refractivity contribution in [3.05, 3.63) is 47.3 Å². The topological polar surface area (TPSA) is 80.6 Å². The van der Waals surface area contributed by atoms with Gasteiger partial charge in [0, 0.05) is 26.2 Å². The van der Waals surface area contributed by atoms with Crippen LogP contribution in [0.25, 0.3) is 0 Å². The van der Waals surface area contributed by atoms with Crippen LogP contribution in [0.5, 0.6) is 0 Å². The van der Waals surface area contributed by atoms with Gasteiger partial charge in [0.1, 0.15) is 0 Å². The highest BCUT2D eigenvalue weighted by atomic mass is 16.6. The van der Waals surface area contributed by atoms with E-state index in [-0.39, 0.29) is 12.0 Å². The standard InChI is InChI=1S/C18H23N5O3/c1-3-26-18(25)22-11-9-21(10-12-22)17(24)16-14(2)23(20-19-16)13-15-7-5-4-6-8-15/h4-8H,3,9-13H2,1-2H3. The summed E-state index contributed by atoms with van der Waals surface area (Å²) in [4.78, 5) is 27.8. The minimum absolute atomic E-state index is 0.148. The summed E-state index contributed by atoms with van der Waals surface area (Å²) in [6.45, 7) is 6.39. The predicted octanol–water partition coefficient (Wildman–Crippen LogP) is 1.55. The molecule has 0 spiro atoms. The maximum Gasteiger partial charge on any atom is 0.409 e. The SMILES string of the molecule is CCOC(=O)N1CCN(C(=O)c2nnn(Cc3ccccc3)c2C)CC1. The second-order valence-electron chi connectivity index (χ2n) is 6.14. The summed E-state index contributed by atoms with van der Waals surface area (Å²) in [6.07, 6.45) is -0.329. The zero-order valence-corrected chi connectivity index (χ0v) is 15.1. The number of aromatic nitrogens is 3. The van der Waals surface area contributed by atoms with Crippen molar-refractivity contribution >= 4 is 12.0 Å². The normalized spacial score (nSPS) is 14.4. The van der Waals surface area contributed by atoms with E-state index in [2.05, 4.69) is 10.3 Å². The summed E-state index contributed by atoms with van der Waals surface area (Å²) in [5.74, 6) is -0.148. The van der Waals surface area contributed by atoms with Gasteiger partial charge in [-0.3, -0.25) is 4.79 Å². The molecule has 1 aromatic heterocycles. The highest BCUT2D eigenvalue weighted by molar-refractivity contribution is 5.93. The molecular formula is C18H23N5O3. The van der Waals surface area contributed by atoms with Crippen molar-refractivity contribution in [2.24, 2.45) is 0 Å². The minimum Gasteiger partial charge on any atom is -0.450 e. The Balaban J connectivity index is 1.63. The fraction of sp³-hybridized carbons (Fsp3) is 0.444. The zero-order valence-electron chi connectivity index (χ0n) is 15.1. The fourth-order valence-electron chi connectivity index (χ4n) is 2.92. The number of nitrogens with zero attached hydrogens (tertiary/aromatic N) is 5. The van der Waals surface area contributed by atoms with Gasteiger partial charge in [0.2, 0.25) is 0 Å². The number of hydrogen-bond acceptors (Lipinski definition) is 5. The van der Waals surface area contributed by atoms with Crippen molar-refractivity contribution < 1.29 is 14.3 Å². The van der Waals surface area contributed by atoms with Crippen LogP contribution in [0.4, 0.5) is 4.79 Å². The number of carbonyl (C=O) groups is 2. The Hall–Kier alpha value is -2.90. The summed E-state index contributed by atoms with van der Waals surface area (Å²) < 4.78 is 6.73. The molecule has 2 aromatic rings. The summed E-state index contributed by atoms with van der Waals surface area (Å²) >= 11 is 0. The lowest BCUT2D eigenvalue weighted by atomic mass is 10.2. The first-order chi connectivity index (χ1) is 12.6. The van der Waals surface area contributed by atoms with Gasteiger partial charge in [0.25, 0.3) is 5.91 Å². The Morgan fingerprint density at radius 1 is 1.08 bits per heavy atom. The highest BCUT2D eigenvalue weighted by Gasteiger charge is 2.28. The molecule has 1 aliphatic heterocycles. The third-order valence-corrected chi connectivity index (χ3v) is 4.45. The van der Waals surface area contributed by atoms with Crippen LogP contribution in [-0.2, 0) is 11.3 Å². The van der Waals surface area contributed by atoms with E-state index >= 15 is 0 Å². The molecule has 8 nitrogen and oxygen atoms in total. The minimum atomic E-state index is -0.329. The summed E-state index contributed by atoms with van der Waals surface area (Å²) in [7, 11) is 0. The number of hydrogen-bond donors (Lipinski definition) is 0.